The monoisotopic (exact) mass is 355 g/mol. The van der Waals surface area contributed by atoms with Gasteiger partial charge < -0.3 is 5.32 Å². The summed E-state index contributed by atoms with van der Waals surface area (Å²) in [4.78, 5) is 0. The fraction of sp³-hybridized carbons (Fsp3) is 0.231. The van der Waals surface area contributed by atoms with Gasteiger partial charge in [0.2, 0.25) is 0 Å². The third kappa shape index (κ3) is 6.54. The van der Waals surface area contributed by atoms with Crippen LogP contribution >= 0.6 is 0 Å². The first-order valence-electron chi connectivity index (χ1n) is 9.96. The Hall–Kier alpha value is -2.64. The molecular formula is C26H29N. The van der Waals surface area contributed by atoms with Crippen molar-refractivity contribution in [3.05, 3.63) is 114 Å². The zero-order chi connectivity index (χ0) is 18.6. The maximum atomic E-state index is 3.52. The molecule has 0 atom stereocenters. The van der Waals surface area contributed by atoms with E-state index in [1.807, 2.05) is 6.07 Å². The van der Waals surface area contributed by atoms with E-state index in [4.69, 9.17) is 0 Å². The third-order valence-electron chi connectivity index (χ3n) is 4.87. The Labute approximate surface area is 163 Å². The highest BCUT2D eigenvalue weighted by molar-refractivity contribution is 5.48. The van der Waals surface area contributed by atoms with Crippen molar-refractivity contribution in [3.63, 3.8) is 0 Å². The molecule has 0 fully saturated rings. The van der Waals surface area contributed by atoms with Gasteiger partial charge in [0.05, 0.1) is 0 Å². The van der Waals surface area contributed by atoms with Gasteiger partial charge in [-0.3, -0.25) is 0 Å². The van der Waals surface area contributed by atoms with Gasteiger partial charge in [0, 0.05) is 12.5 Å². The van der Waals surface area contributed by atoms with Gasteiger partial charge in [0.25, 0.3) is 0 Å². The lowest BCUT2D eigenvalue weighted by Gasteiger charge is -2.18. The van der Waals surface area contributed by atoms with E-state index in [0.717, 1.165) is 13.1 Å². The first-order valence-corrected chi connectivity index (χ1v) is 9.96. The van der Waals surface area contributed by atoms with E-state index >= 15 is 0 Å². The minimum Gasteiger partial charge on any atom is -0.313 e. The summed E-state index contributed by atoms with van der Waals surface area (Å²) in [5.41, 5.74) is 4.10. The van der Waals surface area contributed by atoms with Crippen molar-refractivity contribution in [1.82, 2.24) is 5.32 Å². The van der Waals surface area contributed by atoms with Crippen LogP contribution < -0.4 is 5.32 Å². The molecule has 0 heterocycles. The van der Waals surface area contributed by atoms with Crippen LogP contribution in [-0.2, 0) is 0 Å². The molecule has 3 aromatic rings. The molecule has 0 aliphatic heterocycles. The standard InChI is InChI=1S/C26H29N/c1-4-13-23(14-5-1)15-12-22-27-21-11-10-20-26(24-16-6-2-7-17-24)25-18-8-3-9-19-25/h1-9,12-19,26-27H,10-11,20-22H2/b15-12+. The fourth-order valence-corrected chi connectivity index (χ4v) is 3.44. The number of hydrogen-bond donors (Lipinski definition) is 1. The summed E-state index contributed by atoms with van der Waals surface area (Å²) in [6.45, 7) is 1.99. The van der Waals surface area contributed by atoms with Gasteiger partial charge in [-0.15, -0.1) is 0 Å². The van der Waals surface area contributed by atoms with E-state index < -0.39 is 0 Å². The minimum atomic E-state index is 0.491. The molecule has 3 rings (SSSR count). The van der Waals surface area contributed by atoms with Gasteiger partial charge in [0.15, 0.2) is 0 Å². The highest BCUT2D eigenvalue weighted by Gasteiger charge is 2.12. The van der Waals surface area contributed by atoms with Gasteiger partial charge in [-0.2, -0.15) is 0 Å². The van der Waals surface area contributed by atoms with Crippen LogP contribution in [0.3, 0.4) is 0 Å². The summed E-state index contributed by atoms with van der Waals surface area (Å²) >= 11 is 0. The Morgan fingerprint density at radius 2 is 1.22 bits per heavy atom. The van der Waals surface area contributed by atoms with Crippen LogP contribution in [0.1, 0.15) is 41.9 Å². The Balaban J connectivity index is 1.41. The molecule has 1 nitrogen and oxygen atoms in total. The third-order valence-corrected chi connectivity index (χ3v) is 4.87. The first kappa shape index (κ1) is 19.1. The van der Waals surface area contributed by atoms with Crippen molar-refractivity contribution in [2.75, 3.05) is 13.1 Å². The van der Waals surface area contributed by atoms with Gasteiger partial charge in [-0.1, -0.05) is 110 Å². The minimum absolute atomic E-state index is 0.491. The van der Waals surface area contributed by atoms with Crippen molar-refractivity contribution in [1.29, 1.82) is 0 Å². The van der Waals surface area contributed by atoms with Crippen molar-refractivity contribution in [2.45, 2.75) is 25.2 Å². The van der Waals surface area contributed by atoms with Crippen LogP contribution in [0.2, 0.25) is 0 Å². The van der Waals surface area contributed by atoms with Gasteiger partial charge in [0.1, 0.15) is 0 Å². The van der Waals surface area contributed by atoms with Gasteiger partial charge in [-0.05, 0) is 36.1 Å². The zero-order valence-corrected chi connectivity index (χ0v) is 15.9. The van der Waals surface area contributed by atoms with Crippen molar-refractivity contribution in [3.8, 4) is 0 Å². The van der Waals surface area contributed by atoms with Crippen LogP contribution in [-0.4, -0.2) is 13.1 Å². The summed E-state index contributed by atoms with van der Waals surface area (Å²) in [5, 5.41) is 3.52. The first-order chi connectivity index (χ1) is 13.4. The quantitative estimate of drug-likeness (QED) is 0.421. The number of hydrogen-bond acceptors (Lipinski definition) is 1. The van der Waals surface area contributed by atoms with Crippen molar-refractivity contribution in [2.24, 2.45) is 0 Å². The summed E-state index contributed by atoms with van der Waals surface area (Å²) < 4.78 is 0. The molecule has 0 radical (unpaired) electrons. The molecule has 3 aromatic carbocycles. The molecule has 0 spiro atoms. The number of unbranched alkanes of at least 4 members (excludes halogenated alkanes) is 1. The largest absolute Gasteiger partial charge is 0.313 e. The van der Waals surface area contributed by atoms with Gasteiger partial charge in [-0.25, -0.2) is 0 Å². The van der Waals surface area contributed by atoms with Crippen LogP contribution in [0.5, 0.6) is 0 Å². The van der Waals surface area contributed by atoms with E-state index in [0.29, 0.717) is 5.92 Å². The Morgan fingerprint density at radius 1 is 0.667 bits per heavy atom. The van der Waals surface area contributed by atoms with E-state index in [1.54, 1.807) is 0 Å². The fourth-order valence-electron chi connectivity index (χ4n) is 3.44. The van der Waals surface area contributed by atoms with Gasteiger partial charge >= 0.3 is 0 Å². The number of nitrogens with one attached hydrogen (secondary N) is 1. The molecule has 0 saturated heterocycles. The van der Waals surface area contributed by atoms with Crippen LogP contribution in [0, 0.1) is 0 Å². The average Bonchev–Trinajstić information content (AvgIpc) is 2.75. The van der Waals surface area contributed by atoms with Crippen molar-refractivity contribution >= 4 is 6.08 Å². The smallest absolute Gasteiger partial charge is 0.0138 e. The summed E-state index contributed by atoms with van der Waals surface area (Å²) in [6.07, 6.45) is 7.99. The predicted octanol–water partition coefficient (Wildman–Crippen LogP) is 6.29. The van der Waals surface area contributed by atoms with Crippen LogP contribution in [0.4, 0.5) is 0 Å². The second-order valence-electron chi connectivity index (χ2n) is 6.89. The Bertz CT molecular complexity index is 739. The summed E-state index contributed by atoms with van der Waals surface area (Å²) in [6, 6.07) is 32.2. The highest BCUT2D eigenvalue weighted by Crippen LogP contribution is 2.29. The second kappa shape index (κ2) is 11.2. The number of rotatable bonds is 10. The van der Waals surface area contributed by atoms with Crippen LogP contribution in [0.25, 0.3) is 6.08 Å². The maximum absolute atomic E-state index is 3.52. The molecule has 27 heavy (non-hydrogen) atoms. The molecule has 0 saturated carbocycles. The molecule has 0 aliphatic rings. The lowest BCUT2D eigenvalue weighted by molar-refractivity contribution is 0.595. The molecule has 0 aromatic heterocycles. The highest BCUT2D eigenvalue weighted by atomic mass is 14.8. The van der Waals surface area contributed by atoms with E-state index in [1.165, 1.54) is 36.0 Å². The molecule has 0 unspecified atom stereocenters. The predicted molar refractivity (Wildman–Crippen MR) is 117 cm³/mol. The summed E-state index contributed by atoms with van der Waals surface area (Å²) in [7, 11) is 0. The second-order valence-corrected chi connectivity index (χ2v) is 6.89. The molecule has 138 valence electrons. The maximum Gasteiger partial charge on any atom is 0.0138 e. The summed E-state index contributed by atoms with van der Waals surface area (Å²) in [5.74, 6) is 0.491. The Kier molecular flexibility index (Phi) is 7.90. The zero-order valence-electron chi connectivity index (χ0n) is 15.9. The lowest BCUT2D eigenvalue weighted by Crippen LogP contribution is -2.15. The Morgan fingerprint density at radius 3 is 1.81 bits per heavy atom. The van der Waals surface area contributed by atoms with E-state index in [-0.39, 0.29) is 0 Å². The van der Waals surface area contributed by atoms with Crippen molar-refractivity contribution < 1.29 is 0 Å². The molecule has 1 N–H and O–H groups in total. The van der Waals surface area contributed by atoms with Crippen LogP contribution in [0.15, 0.2) is 97.1 Å². The molecule has 1 heteroatoms. The van der Waals surface area contributed by atoms with E-state index in [2.05, 4.69) is 102 Å². The average molecular weight is 356 g/mol. The normalized spacial score (nSPS) is 11.3. The molecule has 0 amide bonds. The SMILES string of the molecule is C(=C\c1ccccc1)/CNCCCCC(c1ccccc1)c1ccccc1. The molecule has 0 bridgehead atoms. The number of benzene rings is 3. The topological polar surface area (TPSA) is 12.0 Å². The van der Waals surface area contributed by atoms with E-state index in [9.17, 15) is 0 Å². The molecule has 0 aliphatic carbocycles. The lowest BCUT2D eigenvalue weighted by atomic mass is 9.87. The molecular weight excluding hydrogens is 326 g/mol.